The van der Waals surface area contributed by atoms with Crippen molar-refractivity contribution in [3.8, 4) is 11.5 Å². The summed E-state index contributed by atoms with van der Waals surface area (Å²) in [5, 5.41) is 0. The molecule has 0 amide bonds. The Morgan fingerprint density at radius 1 is 1.44 bits per heavy atom. The molecule has 1 aromatic rings. The topological polar surface area (TPSA) is 44.8 Å². The lowest BCUT2D eigenvalue weighted by Gasteiger charge is -2.19. The molecule has 0 unspecified atom stereocenters. The van der Waals surface area contributed by atoms with Gasteiger partial charge in [-0.25, -0.2) is 4.79 Å². The van der Waals surface area contributed by atoms with Crippen LogP contribution in [0.25, 0.3) is 0 Å². The van der Waals surface area contributed by atoms with E-state index in [-0.39, 0.29) is 5.76 Å². The molecule has 1 aromatic carbocycles. The standard InChI is InChI=1S/C14H16O4/c1-4-17-14(15)12-6-5-11-9(2)7-10(16-3)8-13(11)18-12/h6-8H,4-5H2,1-3H3. The second-order valence-electron chi connectivity index (χ2n) is 4.02. The first-order chi connectivity index (χ1) is 8.65. The van der Waals surface area contributed by atoms with Crippen LogP contribution in [0.3, 0.4) is 0 Å². The highest BCUT2D eigenvalue weighted by Gasteiger charge is 2.21. The van der Waals surface area contributed by atoms with E-state index in [2.05, 4.69) is 0 Å². The molecule has 0 atom stereocenters. The molecule has 0 spiro atoms. The van der Waals surface area contributed by atoms with E-state index in [0.29, 0.717) is 18.8 Å². The van der Waals surface area contributed by atoms with Crippen molar-refractivity contribution in [2.24, 2.45) is 0 Å². The zero-order valence-electron chi connectivity index (χ0n) is 10.8. The number of aryl methyl sites for hydroxylation is 1. The van der Waals surface area contributed by atoms with Gasteiger partial charge in [-0.15, -0.1) is 0 Å². The number of methoxy groups -OCH3 is 1. The first-order valence-corrected chi connectivity index (χ1v) is 5.88. The molecule has 0 saturated carbocycles. The molecule has 0 radical (unpaired) electrons. The van der Waals surface area contributed by atoms with Crippen LogP contribution in [-0.2, 0) is 16.0 Å². The third-order valence-electron chi connectivity index (χ3n) is 2.83. The third kappa shape index (κ3) is 2.32. The molecule has 0 aliphatic carbocycles. The summed E-state index contributed by atoms with van der Waals surface area (Å²) in [4.78, 5) is 11.6. The highest BCUT2D eigenvalue weighted by molar-refractivity contribution is 5.87. The minimum absolute atomic E-state index is 0.247. The number of carbonyl (C=O) groups excluding carboxylic acids is 1. The van der Waals surface area contributed by atoms with E-state index in [1.807, 2.05) is 13.0 Å². The SMILES string of the molecule is CCOC(=O)C1=CCc2c(C)cc(OC)cc2O1. The number of hydrogen-bond acceptors (Lipinski definition) is 4. The van der Waals surface area contributed by atoms with Gasteiger partial charge < -0.3 is 14.2 Å². The van der Waals surface area contributed by atoms with Crippen molar-refractivity contribution in [3.05, 3.63) is 35.1 Å². The number of rotatable bonds is 3. The van der Waals surface area contributed by atoms with Gasteiger partial charge in [-0.1, -0.05) is 0 Å². The molecule has 0 saturated heterocycles. The Balaban J connectivity index is 2.28. The fourth-order valence-electron chi connectivity index (χ4n) is 1.91. The van der Waals surface area contributed by atoms with E-state index >= 15 is 0 Å². The summed E-state index contributed by atoms with van der Waals surface area (Å²) in [5.41, 5.74) is 2.16. The van der Waals surface area contributed by atoms with Crippen LogP contribution in [-0.4, -0.2) is 19.7 Å². The van der Waals surface area contributed by atoms with E-state index in [9.17, 15) is 4.79 Å². The van der Waals surface area contributed by atoms with Crippen LogP contribution in [0, 0.1) is 6.92 Å². The fraction of sp³-hybridized carbons (Fsp3) is 0.357. The Hall–Kier alpha value is -1.97. The van der Waals surface area contributed by atoms with E-state index in [0.717, 1.165) is 16.9 Å². The first-order valence-electron chi connectivity index (χ1n) is 5.88. The van der Waals surface area contributed by atoms with Gasteiger partial charge in [-0.05, 0) is 38.0 Å². The predicted molar refractivity (Wildman–Crippen MR) is 66.8 cm³/mol. The molecule has 4 heteroatoms. The number of fused-ring (bicyclic) bond motifs is 1. The average Bonchev–Trinajstić information content (AvgIpc) is 2.38. The van der Waals surface area contributed by atoms with Crippen LogP contribution in [0.1, 0.15) is 18.1 Å². The molecule has 18 heavy (non-hydrogen) atoms. The Morgan fingerprint density at radius 3 is 2.89 bits per heavy atom. The molecule has 2 rings (SSSR count). The Bertz CT molecular complexity index is 503. The quantitative estimate of drug-likeness (QED) is 0.770. The van der Waals surface area contributed by atoms with Gasteiger partial charge in [0.2, 0.25) is 5.76 Å². The van der Waals surface area contributed by atoms with Gasteiger partial charge in [-0.2, -0.15) is 0 Å². The number of allylic oxidation sites excluding steroid dienone is 1. The van der Waals surface area contributed by atoms with Gasteiger partial charge >= 0.3 is 5.97 Å². The van der Waals surface area contributed by atoms with E-state index in [1.165, 1.54) is 0 Å². The van der Waals surface area contributed by atoms with Gasteiger partial charge in [0, 0.05) is 11.6 Å². The number of carbonyl (C=O) groups is 1. The molecule has 0 aromatic heterocycles. The summed E-state index contributed by atoms with van der Waals surface area (Å²) in [6.45, 7) is 4.10. The van der Waals surface area contributed by atoms with Gasteiger partial charge in [0.1, 0.15) is 11.5 Å². The maximum atomic E-state index is 11.6. The second-order valence-corrected chi connectivity index (χ2v) is 4.02. The van der Waals surface area contributed by atoms with Crippen molar-refractivity contribution in [2.45, 2.75) is 20.3 Å². The molecule has 4 nitrogen and oxygen atoms in total. The van der Waals surface area contributed by atoms with Crippen molar-refractivity contribution >= 4 is 5.97 Å². The van der Waals surface area contributed by atoms with Crippen LogP contribution in [0.2, 0.25) is 0 Å². The van der Waals surface area contributed by atoms with Gasteiger partial charge in [0.05, 0.1) is 13.7 Å². The van der Waals surface area contributed by atoms with E-state index < -0.39 is 5.97 Å². The zero-order valence-corrected chi connectivity index (χ0v) is 10.8. The second kappa shape index (κ2) is 5.12. The van der Waals surface area contributed by atoms with Crippen molar-refractivity contribution in [3.63, 3.8) is 0 Å². The Morgan fingerprint density at radius 2 is 2.22 bits per heavy atom. The maximum absolute atomic E-state index is 11.6. The molecule has 0 N–H and O–H groups in total. The van der Waals surface area contributed by atoms with Gasteiger partial charge in [-0.3, -0.25) is 0 Å². The molecule has 1 aliphatic rings. The molecule has 96 valence electrons. The monoisotopic (exact) mass is 248 g/mol. The van der Waals surface area contributed by atoms with Crippen LogP contribution >= 0.6 is 0 Å². The van der Waals surface area contributed by atoms with Crippen molar-refractivity contribution in [2.75, 3.05) is 13.7 Å². The summed E-state index contributed by atoms with van der Waals surface area (Å²) in [6.07, 6.45) is 2.42. The highest BCUT2D eigenvalue weighted by Crippen LogP contribution is 2.33. The Labute approximate surface area is 106 Å². The average molecular weight is 248 g/mol. The van der Waals surface area contributed by atoms with Crippen LogP contribution in [0.15, 0.2) is 24.0 Å². The van der Waals surface area contributed by atoms with Crippen molar-refractivity contribution in [1.82, 2.24) is 0 Å². The summed E-state index contributed by atoms with van der Waals surface area (Å²) in [5.74, 6) is 1.20. The Kier molecular flexibility index (Phi) is 3.55. The summed E-state index contributed by atoms with van der Waals surface area (Å²) >= 11 is 0. The molecule has 0 fully saturated rings. The number of esters is 1. The smallest absolute Gasteiger partial charge is 0.373 e. The van der Waals surface area contributed by atoms with Gasteiger partial charge in [0.25, 0.3) is 0 Å². The molecule has 1 heterocycles. The van der Waals surface area contributed by atoms with Crippen molar-refractivity contribution < 1.29 is 19.0 Å². The number of hydrogen-bond donors (Lipinski definition) is 0. The molecule has 1 aliphatic heterocycles. The van der Waals surface area contributed by atoms with E-state index in [1.54, 1.807) is 26.2 Å². The lowest BCUT2D eigenvalue weighted by molar-refractivity contribution is -0.141. The normalized spacial score (nSPS) is 13.2. The minimum atomic E-state index is -0.427. The van der Waals surface area contributed by atoms with Crippen LogP contribution in [0.4, 0.5) is 0 Å². The molecule has 0 bridgehead atoms. The maximum Gasteiger partial charge on any atom is 0.373 e. The summed E-state index contributed by atoms with van der Waals surface area (Å²) in [6, 6.07) is 3.74. The first kappa shape index (κ1) is 12.5. The lowest BCUT2D eigenvalue weighted by Crippen LogP contribution is -2.16. The van der Waals surface area contributed by atoms with Crippen molar-refractivity contribution in [1.29, 1.82) is 0 Å². The third-order valence-corrected chi connectivity index (χ3v) is 2.83. The minimum Gasteiger partial charge on any atom is -0.497 e. The lowest BCUT2D eigenvalue weighted by atomic mass is 10.0. The van der Waals surface area contributed by atoms with Gasteiger partial charge in [0.15, 0.2) is 0 Å². The summed E-state index contributed by atoms with van der Waals surface area (Å²) in [7, 11) is 1.60. The number of ether oxygens (including phenoxy) is 3. The van der Waals surface area contributed by atoms with Crippen LogP contribution < -0.4 is 9.47 Å². The largest absolute Gasteiger partial charge is 0.497 e. The molecular formula is C14H16O4. The molecular weight excluding hydrogens is 232 g/mol. The zero-order chi connectivity index (χ0) is 13.1. The predicted octanol–water partition coefficient (Wildman–Crippen LogP) is 2.39. The van der Waals surface area contributed by atoms with Crippen LogP contribution in [0.5, 0.6) is 11.5 Å². The number of benzene rings is 1. The fourth-order valence-corrected chi connectivity index (χ4v) is 1.91. The highest BCUT2D eigenvalue weighted by atomic mass is 16.6. The summed E-state index contributed by atoms with van der Waals surface area (Å²) < 4.78 is 15.7. The van der Waals surface area contributed by atoms with E-state index in [4.69, 9.17) is 14.2 Å².